The van der Waals surface area contributed by atoms with E-state index < -0.39 is 17.8 Å². The lowest BCUT2D eigenvalue weighted by Gasteiger charge is -2.23. The Labute approximate surface area is 196 Å². The highest BCUT2D eigenvalue weighted by Crippen LogP contribution is 2.30. The minimum Gasteiger partial charge on any atom is -0.493 e. The zero-order valence-electron chi connectivity index (χ0n) is 18.2. The Morgan fingerprint density at radius 2 is 1.82 bits per heavy atom. The molecule has 0 fully saturated rings. The van der Waals surface area contributed by atoms with Crippen molar-refractivity contribution in [2.45, 2.75) is 31.1 Å². The van der Waals surface area contributed by atoms with Gasteiger partial charge in [0.2, 0.25) is 0 Å². The standard InChI is InChI=1S/C23H26N2O7S/c1-2-33-20-8-4-3-7-19(20)25(32-16-5-9-21(27)28)23(30)22(29)24-17-10-12-18(13-11-17)31-15-6-14-26/h3-4,7-8,10-14H,2,5-6,9,15-16H2,1H3,(H,24,29)(H,27,28). The Bertz CT molecular complexity index is 950. The van der Waals surface area contributed by atoms with Crippen LogP contribution in [0.1, 0.15) is 26.2 Å². The molecule has 0 spiro atoms. The first-order chi connectivity index (χ1) is 16.0. The van der Waals surface area contributed by atoms with E-state index in [0.717, 1.165) is 22.0 Å². The van der Waals surface area contributed by atoms with Gasteiger partial charge in [0, 0.05) is 23.4 Å². The number of rotatable bonds is 13. The first kappa shape index (κ1) is 25.9. The molecule has 0 bridgehead atoms. The van der Waals surface area contributed by atoms with Crippen LogP contribution in [0.25, 0.3) is 0 Å². The van der Waals surface area contributed by atoms with E-state index in [2.05, 4.69) is 5.32 Å². The summed E-state index contributed by atoms with van der Waals surface area (Å²) < 4.78 is 5.37. The first-order valence-electron chi connectivity index (χ1n) is 10.3. The lowest BCUT2D eigenvalue weighted by molar-refractivity contribution is -0.140. The fraction of sp³-hybridized carbons (Fsp3) is 0.304. The number of carbonyl (C=O) groups is 4. The van der Waals surface area contributed by atoms with Crippen molar-refractivity contribution < 1.29 is 33.9 Å². The molecule has 2 aromatic carbocycles. The Balaban J connectivity index is 2.13. The molecule has 2 amide bonds. The Hall–Kier alpha value is -3.37. The molecule has 0 aliphatic heterocycles. The van der Waals surface area contributed by atoms with Crippen LogP contribution in [0.4, 0.5) is 11.4 Å². The average Bonchev–Trinajstić information content (AvgIpc) is 2.81. The maximum atomic E-state index is 13.0. The minimum atomic E-state index is -0.977. The maximum Gasteiger partial charge on any atom is 0.340 e. The van der Waals surface area contributed by atoms with Crippen LogP contribution in [0, 0.1) is 0 Å². The monoisotopic (exact) mass is 474 g/mol. The number of hydrogen-bond acceptors (Lipinski definition) is 7. The summed E-state index contributed by atoms with van der Waals surface area (Å²) in [7, 11) is 0. The predicted octanol–water partition coefficient (Wildman–Crippen LogP) is 3.53. The molecule has 0 saturated carbocycles. The van der Waals surface area contributed by atoms with Crippen LogP contribution >= 0.6 is 11.8 Å². The number of amides is 2. The molecule has 0 radical (unpaired) electrons. The van der Waals surface area contributed by atoms with Gasteiger partial charge in [0.15, 0.2) is 0 Å². The van der Waals surface area contributed by atoms with Crippen LogP contribution < -0.4 is 15.1 Å². The van der Waals surface area contributed by atoms with E-state index in [4.69, 9.17) is 14.7 Å². The second kappa shape index (κ2) is 13.9. The van der Waals surface area contributed by atoms with Gasteiger partial charge < -0.3 is 20.0 Å². The summed E-state index contributed by atoms with van der Waals surface area (Å²) in [6.45, 7) is 2.15. The molecule has 0 saturated heterocycles. The third kappa shape index (κ3) is 8.59. The molecule has 10 heteroatoms. The van der Waals surface area contributed by atoms with E-state index in [-0.39, 0.29) is 32.5 Å². The number of hydroxylamine groups is 1. The highest BCUT2D eigenvalue weighted by Gasteiger charge is 2.27. The number of benzene rings is 2. The maximum absolute atomic E-state index is 13.0. The highest BCUT2D eigenvalue weighted by atomic mass is 32.2. The lowest BCUT2D eigenvalue weighted by Crippen LogP contribution is -2.40. The van der Waals surface area contributed by atoms with Crippen molar-refractivity contribution in [2.75, 3.05) is 29.3 Å². The smallest absolute Gasteiger partial charge is 0.340 e. The molecule has 0 atom stereocenters. The number of hydrogen-bond donors (Lipinski definition) is 2. The topological polar surface area (TPSA) is 122 Å². The second-order valence-electron chi connectivity index (χ2n) is 6.61. The summed E-state index contributed by atoms with van der Waals surface area (Å²) in [6, 6.07) is 13.4. The van der Waals surface area contributed by atoms with Gasteiger partial charge in [-0.15, -0.1) is 11.8 Å². The molecule has 176 valence electrons. The number of para-hydroxylation sites is 1. The molecule has 33 heavy (non-hydrogen) atoms. The van der Waals surface area contributed by atoms with Gasteiger partial charge in [-0.3, -0.25) is 19.2 Å². The SMILES string of the molecule is CCSc1ccccc1N(OCCCC(=O)O)C(=O)C(=O)Nc1ccc(OCCC=O)cc1. The summed E-state index contributed by atoms with van der Waals surface area (Å²) in [5.41, 5.74) is 0.775. The number of aldehydes is 1. The number of carboxylic acid groups (broad SMARTS) is 1. The minimum absolute atomic E-state index is 0.0523. The van der Waals surface area contributed by atoms with Gasteiger partial charge >= 0.3 is 17.8 Å². The first-order valence-corrected chi connectivity index (χ1v) is 11.3. The summed E-state index contributed by atoms with van der Waals surface area (Å²) in [6.07, 6.45) is 1.08. The molecule has 9 nitrogen and oxygen atoms in total. The van der Waals surface area contributed by atoms with Crippen LogP contribution in [-0.2, 0) is 24.0 Å². The van der Waals surface area contributed by atoms with Gasteiger partial charge in [-0.25, -0.2) is 0 Å². The van der Waals surface area contributed by atoms with Crippen LogP contribution in [0.2, 0.25) is 0 Å². The molecule has 2 N–H and O–H groups in total. The van der Waals surface area contributed by atoms with E-state index in [0.29, 0.717) is 17.1 Å². The number of anilines is 2. The van der Waals surface area contributed by atoms with Gasteiger partial charge in [0.25, 0.3) is 0 Å². The number of ether oxygens (including phenoxy) is 1. The summed E-state index contributed by atoms with van der Waals surface area (Å²) in [4.78, 5) is 53.1. The van der Waals surface area contributed by atoms with Crippen molar-refractivity contribution >= 4 is 47.2 Å². The third-order valence-electron chi connectivity index (χ3n) is 4.13. The Morgan fingerprint density at radius 1 is 1.09 bits per heavy atom. The number of carboxylic acids is 1. The molecule has 2 rings (SSSR count). The number of nitrogens with one attached hydrogen (secondary N) is 1. The summed E-state index contributed by atoms with van der Waals surface area (Å²) in [5, 5.41) is 12.3. The lowest BCUT2D eigenvalue weighted by atomic mass is 10.3. The quantitative estimate of drug-likeness (QED) is 0.149. The van der Waals surface area contributed by atoms with E-state index in [1.54, 1.807) is 36.4 Å². The van der Waals surface area contributed by atoms with E-state index in [9.17, 15) is 19.2 Å². The van der Waals surface area contributed by atoms with Crippen LogP contribution in [0.3, 0.4) is 0 Å². The predicted molar refractivity (Wildman–Crippen MR) is 124 cm³/mol. The van der Waals surface area contributed by atoms with E-state index in [1.807, 2.05) is 19.1 Å². The Kier molecular flexibility index (Phi) is 10.9. The molecule has 0 unspecified atom stereocenters. The van der Waals surface area contributed by atoms with Crippen molar-refractivity contribution in [1.82, 2.24) is 0 Å². The number of carbonyl (C=O) groups excluding carboxylic acids is 3. The van der Waals surface area contributed by atoms with Crippen molar-refractivity contribution in [3.63, 3.8) is 0 Å². The van der Waals surface area contributed by atoms with Gasteiger partial charge in [-0.05, 0) is 48.6 Å². The number of aliphatic carboxylic acids is 1. The molecule has 2 aromatic rings. The average molecular weight is 475 g/mol. The molecule has 0 aliphatic rings. The Morgan fingerprint density at radius 3 is 2.48 bits per heavy atom. The zero-order valence-corrected chi connectivity index (χ0v) is 19.0. The molecule has 0 aliphatic carbocycles. The summed E-state index contributed by atoms with van der Waals surface area (Å²) >= 11 is 1.48. The van der Waals surface area contributed by atoms with Crippen molar-refractivity contribution in [2.24, 2.45) is 0 Å². The molecular formula is C23H26N2O7S. The highest BCUT2D eigenvalue weighted by molar-refractivity contribution is 7.99. The van der Waals surface area contributed by atoms with Crippen molar-refractivity contribution in [3.05, 3.63) is 48.5 Å². The van der Waals surface area contributed by atoms with E-state index in [1.165, 1.54) is 11.8 Å². The van der Waals surface area contributed by atoms with Crippen LogP contribution in [-0.4, -0.2) is 48.1 Å². The van der Waals surface area contributed by atoms with E-state index >= 15 is 0 Å². The number of nitrogens with zero attached hydrogens (tertiary/aromatic N) is 1. The van der Waals surface area contributed by atoms with Gasteiger partial charge in [-0.2, -0.15) is 5.06 Å². The normalized spacial score (nSPS) is 10.3. The van der Waals surface area contributed by atoms with Gasteiger partial charge in [0.1, 0.15) is 12.0 Å². The van der Waals surface area contributed by atoms with Crippen LogP contribution in [0.15, 0.2) is 53.4 Å². The van der Waals surface area contributed by atoms with Crippen molar-refractivity contribution in [3.8, 4) is 5.75 Å². The third-order valence-corrected chi connectivity index (χ3v) is 5.08. The molecule has 0 aromatic heterocycles. The number of thioether (sulfide) groups is 1. The largest absolute Gasteiger partial charge is 0.493 e. The van der Waals surface area contributed by atoms with Crippen molar-refractivity contribution in [1.29, 1.82) is 0 Å². The zero-order chi connectivity index (χ0) is 24.1. The fourth-order valence-corrected chi connectivity index (χ4v) is 3.44. The fourth-order valence-electron chi connectivity index (χ4n) is 2.66. The van der Waals surface area contributed by atoms with Crippen LogP contribution in [0.5, 0.6) is 5.75 Å². The second-order valence-corrected chi connectivity index (χ2v) is 7.92. The van der Waals surface area contributed by atoms with Gasteiger partial charge in [-0.1, -0.05) is 19.1 Å². The molecule has 0 heterocycles. The molecular weight excluding hydrogens is 448 g/mol. The van der Waals surface area contributed by atoms with Gasteiger partial charge in [0.05, 0.1) is 18.9 Å². The summed E-state index contributed by atoms with van der Waals surface area (Å²) in [5.74, 6) is -1.57.